The van der Waals surface area contributed by atoms with Crippen molar-refractivity contribution in [2.75, 3.05) is 26.4 Å². The second-order valence-electron chi connectivity index (χ2n) is 2.87. The van der Waals surface area contributed by atoms with E-state index in [1.807, 2.05) is 20.8 Å². The lowest BCUT2D eigenvalue weighted by Gasteiger charge is -2.28. The lowest BCUT2D eigenvalue weighted by Crippen LogP contribution is -2.46. The van der Waals surface area contributed by atoms with Crippen molar-refractivity contribution in [3.05, 3.63) is 0 Å². The highest BCUT2D eigenvalue weighted by Crippen LogP contribution is 2.17. The summed E-state index contributed by atoms with van der Waals surface area (Å²) in [6, 6.07) is 0.818. The van der Waals surface area contributed by atoms with Crippen LogP contribution in [0, 0.1) is 0 Å². The van der Waals surface area contributed by atoms with Crippen LogP contribution in [0.3, 0.4) is 0 Å². The molecule has 0 spiro atoms. The molecule has 0 saturated heterocycles. The molecule has 5 heteroatoms. The Bertz CT molecular complexity index is 119. The molecular formula is C10H27NO3Si. The van der Waals surface area contributed by atoms with Gasteiger partial charge in [0.05, 0.1) is 0 Å². The molecule has 15 heavy (non-hydrogen) atoms. The molecule has 0 aromatic rings. The van der Waals surface area contributed by atoms with Crippen molar-refractivity contribution in [1.29, 1.82) is 0 Å². The number of hydrogen-bond donors (Lipinski definition) is 1. The predicted octanol–water partition coefficient (Wildman–Crippen LogP) is 2.02. The Balaban J connectivity index is 0. The molecule has 0 heterocycles. The second kappa shape index (κ2) is 10.6. The molecule has 0 aromatic heterocycles. The summed E-state index contributed by atoms with van der Waals surface area (Å²) < 4.78 is 17.0. The minimum atomic E-state index is -2.40. The molecule has 0 amide bonds. The third kappa shape index (κ3) is 7.02. The van der Waals surface area contributed by atoms with Crippen molar-refractivity contribution in [1.82, 2.24) is 0 Å². The third-order valence-corrected chi connectivity index (χ3v) is 4.93. The van der Waals surface area contributed by atoms with Crippen molar-refractivity contribution < 1.29 is 13.3 Å². The SMILES string of the molecule is C.CCO[Si](CCCN)(OCC)OCC. The van der Waals surface area contributed by atoms with Gasteiger partial charge >= 0.3 is 8.80 Å². The van der Waals surface area contributed by atoms with Gasteiger partial charge in [0.15, 0.2) is 0 Å². The standard InChI is InChI=1S/C9H23NO3Si.CH4/c1-4-11-14(12-5-2,13-6-3)9-7-8-10;/h4-10H2,1-3H3;1H4. The maximum Gasteiger partial charge on any atom is 0.500 e. The molecule has 0 fully saturated rings. The summed E-state index contributed by atoms with van der Waals surface area (Å²) in [4.78, 5) is 0. The minimum Gasteiger partial charge on any atom is -0.374 e. The first kappa shape index (κ1) is 17.5. The van der Waals surface area contributed by atoms with Crippen LogP contribution in [-0.2, 0) is 13.3 Å². The fraction of sp³-hybridized carbons (Fsp3) is 1.00. The van der Waals surface area contributed by atoms with Crippen molar-refractivity contribution in [2.45, 2.75) is 40.7 Å². The van der Waals surface area contributed by atoms with Gasteiger partial charge in [-0.2, -0.15) is 0 Å². The summed E-state index contributed by atoms with van der Waals surface area (Å²) in [6.45, 7) is 8.44. The summed E-state index contributed by atoms with van der Waals surface area (Å²) in [5, 5.41) is 0. The van der Waals surface area contributed by atoms with Crippen LogP contribution in [0.15, 0.2) is 0 Å². The fourth-order valence-corrected chi connectivity index (χ4v) is 3.96. The molecule has 0 saturated carbocycles. The highest BCUT2D eigenvalue weighted by molar-refractivity contribution is 6.60. The van der Waals surface area contributed by atoms with E-state index in [9.17, 15) is 0 Å². The van der Waals surface area contributed by atoms with Crippen LogP contribution < -0.4 is 5.73 Å². The van der Waals surface area contributed by atoms with E-state index >= 15 is 0 Å². The smallest absolute Gasteiger partial charge is 0.374 e. The zero-order valence-electron chi connectivity index (χ0n) is 9.54. The van der Waals surface area contributed by atoms with E-state index in [2.05, 4.69) is 0 Å². The first-order valence-electron chi connectivity index (χ1n) is 5.36. The molecule has 0 radical (unpaired) electrons. The maximum absolute atomic E-state index is 5.65. The average molecular weight is 237 g/mol. The van der Waals surface area contributed by atoms with Crippen molar-refractivity contribution in [3.63, 3.8) is 0 Å². The highest BCUT2D eigenvalue weighted by atomic mass is 28.4. The first-order chi connectivity index (χ1) is 6.74. The Hall–Kier alpha value is 0.0569. The molecule has 0 unspecified atom stereocenters. The lowest BCUT2D eigenvalue weighted by molar-refractivity contribution is 0.0710. The lowest BCUT2D eigenvalue weighted by atomic mass is 10.5. The van der Waals surface area contributed by atoms with Crippen LogP contribution in [0.1, 0.15) is 34.6 Å². The van der Waals surface area contributed by atoms with E-state index in [0.29, 0.717) is 26.4 Å². The van der Waals surface area contributed by atoms with E-state index in [0.717, 1.165) is 12.5 Å². The molecule has 0 aliphatic heterocycles. The predicted molar refractivity (Wildman–Crippen MR) is 65.8 cm³/mol. The molecule has 0 bridgehead atoms. The topological polar surface area (TPSA) is 53.7 Å². The Kier molecular flexibility index (Phi) is 12.3. The monoisotopic (exact) mass is 237 g/mol. The zero-order chi connectivity index (χ0) is 10.9. The quantitative estimate of drug-likeness (QED) is 0.623. The Morgan fingerprint density at radius 3 is 1.60 bits per heavy atom. The normalized spacial score (nSPS) is 11.2. The molecule has 0 aliphatic rings. The highest BCUT2D eigenvalue weighted by Gasteiger charge is 2.39. The van der Waals surface area contributed by atoms with E-state index in [1.54, 1.807) is 0 Å². The van der Waals surface area contributed by atoms with E-state index in [1.165, 1.54) is 0 Å². The number of rotatable bonds is 9. The average Bonchev–Trinajstić information content (AvgIpc) is 2.16. The molecule has 0 atom stereocenters. The zero-order valence-corrected chi connectivity index (χ0v) is 10.5. The van der Waals surface area contributed by atoms with Crippen LogP contribution in [0.25, 0.3) is 0 Å². The summed E-state index contributed by atoms with van der Waals surface area (Å²) in [7, 11) is -2.40. The Morgan fingerprint density at radius 2 is 1.33 bits per heavy atom. The molecule has 2 N–H and O–H groups in total. The van der Waals surface area contributed by atoms with Gasteiger partial charge in [-0.15, -0.1) is 0 Å². The summed E-state index contributed by atoms with van der Waals surface area (Å²) in [5.74, 6) is 0. The van der Waals surface area contributed by atoms with Gasteiger partial charge in [0.25, 0.3) is 0 Å². The first-order valence-corrected chi connectivity index (χ1v) is 7.29. The molecule has 0 aromatic carbocycles. The minimum absolute atomic E-state index is 0. The van der Waals surface area contributed by atoms with Gasteiger partial charge in [0.1, 0.15) is 0 Å². The van der Waals surface area contributed by atoms with E-state index < -0.39 is 8.80 Å². The van der Waals surface area contributed by atoms with Gasteiger partial charge in [0, 0.05) is 25.9 Å². The van der Waals surface area contributed by atoms with Crippen LogP contribution in [-0.4, -0.2) is 35.2 Å². The third-order valence-electron chi connectivity index (χ3n) is 1.78. The van der Waals surface area contributed by atoms with Gasteiger partial charge in [-0.3, -0.25) is 0 Å². The summed E-state index contributed by atoms with van der Waals surface area (Å²) in [5.41, 5.74) is 5.48. The van der Waals surface area contributed by atoms with Crippen LogP contribution in [0.4, 0.5) is 0 Å². The van der Waals surface area contributed by atoms with Gasteiger partial charge in [-0.25, -0.2) is 0 Å². The van der Waals surface area contributed by atoms with Crippen LogP contribution >= 0.6 is 0 Å². The number of nitrogens with two attached hydrogens (primary N) is 1. The largest absolute Gasteiger partial charge is 0.500 e. The molecule has 0 rings (SSSR count). The Morgan fingerprint density at radius 1 is 0.933 bits per heavy atom. The molecule has 0 aliphatic carbocycles. The van der Waals surface area contributed by atoms with Crippen LogP contribution in [0.5, 0.6) is 0 Å². The van der Waals surface area contributed by atoms with Crippen molar-refractivity contribution >= 4 is 8.80 Å². The summed E-state index contributed by atoms with van der Waals surface area (Å²) in [6.07, 6.45) is 0.895. The van der Waals surface area contributed by atoms with Crippen LogP contribution in [0.2, 0.25) is 6.04 Å². The summed E-state index contributed by atoms with van der Waals surface area (Å²) >= 11 is 0. The van der Waals surface area contributed by atoms with E-state index in [4.69, 9.17) is 19.0 Å². The fourth-order valence-electron chi connectivity index (χ4n) is 1.32. The molecular weight excluding hydrogens is 210 g/mol. The molecule has 94 valence electrons. The van der Waals surface area contributed by atoms with Gasteiger partial charge < -0.3 is 19.0 Å². The van der Waals surface area contributed by atoms with E-state index in [-0.39, 0.29) is 7.43 Å². The number of hydrogen-bond acceptors (Lipinski definition) is 4. The maximum atomic E-state index is 5.65. The van der Waals surface area contributed by atoms with Gasteiger partial charge in [-0.05, 0) is 33.7 Å². The second-order valence-corrected chi connectivity index (χ2v) is 5.61. The van der Waals surface area contributed by atoms with Gasteiger partial charge in [-0.1, -0.05) is 7.43 Å². The Labute approximate surface area is 95.5 Å². The van der Waals surface area contributed by atoms with Crippen molar-refractivity contribution in [2.24, 2.45) is 5.73 Å². The van der Waals surface area contributed by atoms with Crippen molar-refractivity contribution in [3.8, 4) is 0 Å². The molecule has 4 nitrogen and oxygen atoms in total. The van der Waals surface area contributed by atoms with Gasteiger partial charge in [0.2, 0.25) is 0 Å².